The lowest BCUT2D eigenvalue weighted by atomic mass is 9.77. The van der Waals surface area contributed by atoms with Gasteiger partial charge in [0.05, 0.1) is 17.8 Å². The van der Waals surface area contributed by atoms with Crippen LogP contribution >= 0.6 is 0 Å². The molecular formula is C30H32F2N4O2. The first kappa shape index (κ1) is 24.7. The maximum atomic E-state index is 12.4. The van der Waals surface area contributed by atoms with Crippen LogP contribution in [0.3, 0.4) is 0 Å². The minimum atomic E-state index is -2.84. The lowest BCUT2D eigenvalue weighted by Gasteiger charge is -2.39. The van der Waals surface area contributed by atoms with Crippen LogP contribution in [0, 0.1) is 29.1 Å². The van der Waals surface area contributed by atoms with Crippen LogP contribution in [0.15, 0.2) is 59.1 Å². The summed E-state index contributed by atoms with van der Waals surface area (Å²) in [7, 11) is 0. The fourth-order valence-corrected chi connectivity index (χ4v) is 6.94. The number of fused-ring (bicyclic) bond motifs is 2. The number of benzene rings is 2. The van der Waals surface area contributed by atoms with Crippen LogP contribution in [-0.2, 0) is 0 Å². The van der Waals surface area contributed by atoms with E-state index in [4.69, 9.17) is 9.68 Å². The van der Waals surface area contributed by atoms with E-state index in [0.29, 0.717) is 41.3 Å². The van der Waals surface area contributed by atoms with Crippen LogP contribution in [0.2, 0.25) is 0 Å². The van der Waals surface area contributed by atoms with E-state index < -0.39 is 6.61 Å². The zero-order valence-corrected chi connectivity index (χ0v) is 21.2. The van der Waals surface area contributed by atoms with E-state index >= 15 is 0 Å². The Morgan fingerprint density at radius 2 is 1.84 bits per heavy atom. The summed E-state index contributed by atoms with van der Waals surface area (Å²) < 4.78 is 35.3. The number of hydrogen-bond acceptors (Lipinski definition) is 6. The average Bonchev–Trinajstić information content (AvgIpc) is 3.67. The number of piperidine rings is 1. The molecule has 5 atom stereocenters. The normalized spacial score (nSPS) is 26.5. The fourth-order valence-electron chi connectivity index (χ4n) is 6.94. The summed E-state index contributed by atoms with van der Waals surface area (Å²) in [5, 5.41) is 12.7. The first-order chi connectivity index (χ1) is 18.6. The molecule has 1 N–H and O–H groups in total. The molecule has 8 heteroatoms. The van der Waals surface area contributed by atoms with Crippen molar-refractivity contribution in [3.63, 3.8) is 0 Å². The highest BCUT2D eigenvalue weighted by molar-refractivity contribution is 5.58. The van der Waals surface area contributed by atoms with Crippen LogP contribution in [-0.4, -0.2) is 30.2 Å². The number of nitriles is 1. The van der Waals surface area contributed by atoms with E-state index in [1.165, 1.54) is 56.3 Å². The number of nitrogens with zero attached hydrogens (tertiary/aromatic N) is 3. The number of alkyl halides is 2. The van der Waals surface area contributed by atoms with Gasteiger partial charge in [-0.05, 0) is 98.4 Å². The summed E-state index contributed by atoms with van der Waals surface area (Å²) >= 11 is 0. The first-order valence-electron chi connectivity index (χ1n) is 13.6. The van der Waals surface area contributed by atoms with Crippen LogP contribution < -0.4 is 15.0 Å². The molecule has 6 nitrogen and oxygen atoms in total. The molecule has 2 saturated carbocycles. The summed E-state index contributed by atoms with van der Waals surface area (Å²) in [5.74, 6) is 2.70. The van der Waals surface area contributed by atoms with Crippen LogP contribution in [0.1, 0.15) is 50.5 Å². The Morgan fingerprint density at radius 1 is 1.05 bits per heavy atom. The van der Waals surface area contributed by atoms with Gasteiger partial charge in [-0.25, -0.2) is 4.98 Å². The third-order valence-corrected chi connectivity index (χ3v) is 8.63. The Labute approximate surface area is 221 Å². The zero-order chi connectivity index (χ0) is 26.1. The molecule has 6 rings (SSSR count). The highest BCUT2D eigenvalue weighted by Gasteiger charge is 2.46. The van der Waals surface area contributed by atoms with Gasteiger partial charge in [-0.15, -0.1) is 0 Å². The van der Waals surface area contributed by atoms with Crippen molar-refractivity contribution in [2.45, 2.75) is 63.6 Å². The summed E-state index contributed by atoms with van der Waals surface area (Å²) in [6, 6.07) is 18.1. The number of hydrogen-bond donors (Lipinski definition) is 1. The summed E-state index contributed by atoms with van der Waals surface area (Å²) in [4.78, 5) is 7.04. The molecule has 1 saturated heterocycles. The monoisotopic (exact) mass is 518 g/mol. The minimum Gasteiger partial charge on any atom is -0.435 e. The number of halogens is 2. The SMILES string of the molecule is N#Cc1ccc(N2CC3CC2[C@@H](C[C@@H]2CCCC[C@H]2Nc2ncc(-c4ccc(OC(F)F)cc4)o2)C3)cc1. The van der Waals surface area contributed by atoms with E-state index in [1.54, 1.807) is 18.3 Å². The number of oxazole rings is 1. The Morgan fingerprint density at radius 3 is 2.58 bits per heavy atom. The smallest absolute Gasteiger partial charge is 0.387 e. The van der Waals surface area contributed by atoms with Gasteiger partial charge in [0, 0.05) is 29.9 Å². The topological polar surface area (TPSA) is 74.3 Å². The van der Waals surface area contributed by atoms with E-state index in [1.807, 2.05) is 12.1 Å². The maximum Gasteiger partial charge on any atom is 0.387 e. The standard InChI is InChI=1S/C30H32F2N4O2/c31-29(32)37-25-11-7-21(8-12-25)28-17-34-30(38-28)35-26-4-2-1-3-22(26)15-23-13-20-14-27(23)36(18-20)24-9-5-19(16-33)6-10-24/h5-12,17,20,22-23,26-27,29H,1-4,13-15,18H2,(H,34,35)/t20?,22-,23+,26+,27?/m0/s1. The third kappa shape index (κ3) is 5.20. The molecule has 3 aromatic rings. The van der Waals surface area contributed by atoms with E-state index in [2.05, 4.69) is 38.1 Å². The van der Waals surface area contributed by atoms with Crippen molar-refractivity contribution in [1.82, 2.24) is 4.98 Å². The molecule has 1 aromatic heterocycles. The molecule has 2 heterocycles. The van der Waals surface area contributed by atoms with Crippen LogP contribution in [0.25, 0.3) is 11.3 Å². The number of ether oxygens (including phenoxy) is 1. The summed E-state index contributed by atoms with van der Waals surface area (Å²) in [5.41, 5.74) is 2.70. The third-order valence-electron chi connectivity index (χ3n) is 8.63. The van der Waals surface area contributed by atoms with Gasteiger partial charge in [-0.2, -0.15) is 14.0 Å². The fraction of sp³-hybridized carbons (Fsp3) is 0.467. The minimum absolute atomic E-state index is 0.116. The predicted octanol–water partition coefficient (Wildman–Crippen LogP) is 7.09. The van der Waals surface area contributed by atoms with Gasteiger partial charge in [-0.1, -0.05) is 12.8 Å². The van der Waals surface area contributed by atoms with Gasteiger partial charge >= 0.3 is 6.61 Å². The van der Waals surface area contributed by atoms with Crippen molar-refractivity contribution in [3.05, 3.63) is 60.3 Å². The number of anilines is 2. The van der Waals surface area contributed by atoms with Crippen LogP contribution in [0.5, 0.6) is 5.75 Å². The first-order valence-corrected chi connectivity index (χ1v) is 13.6. The number of aromatic nitrogens is 1. The second-order valence-corrected chi connectivity index (χ2v) is 10.9. The lowest BCUT2D eigenvalue weighted by Crippen LogP contribution is -2.41. The molecule has 38 heavy (non-hydrogen) atoms. The molecule has 0 radical (unpaired) electrons. The molecule has 2 bridgehead atoms. The second-order valence-electron chi connectivity index (χ2n) is 10.9. The van der Waals surface area contributed by atoms with Crippen molar-refractivity contribution in [2.75, 3.05) is 16.8 Å². The molecule has 0 spiro atoms. The van der Waals surface area contributed by atoms with Crippen molar-refractivity contribution in [1.29, 1.82) is 5.26 Å². The van der Waals surface area contributed by atoms with Crippen molar-refractivity contribution in [2.24, 2.45) is 17.8 Å². The molecule has 2 unspecified atom stereocenters. The molecule has 2 aromatic carbocycles. The van der Waals surface area contributed by atoms with Gasteiger partial charge in [0.1, 0.15) is 5.75 Å². The molecule has 198 valence electrons. The van der Waals surface area contributed by atoms with Gasteiger partial charge in [0.15, 0.2) is 5.76 Å². The Balaban J connectivity index is 1.10. The molecular weight excluding hydrogens is 486 g/mol. The molecule has 1 aliphatic heterocycles. The maximum absolute atomic E-state index is 12.4. The number of nitrogens with one attached hydrogen (secondary N) is 1. The summed E-state index contributed by atoms with van der Waals surface area (Å²) in [6.07, 6.45) is 10.2. The quantitative estimate of drug-likeness (QED) is 0.343. The largest absolute Gasteiger partial charge is 0.435 e. The average molecular weight is 519 g/mol. The van der Waals surface area contributed by atoms with Gasteiger partial charge < -0.3 is 19.4 Å². The highest BCUT2D eigenvalue weighted by atomic mass is 19.3. The van der Waals surface area contributed by atoms with Crippen LogP contribution in [0.4, 0.5) is 20.5 Å². The van der Waals surface area contributed by atoms with Gasteiger partial charge in [0.2, 0.25) is 0 Å². The van der Waals surface area contributed by atoms with Crippen molar-refractivity contribution < 1.29 is 17.9 Å². The van der Waals surface area contributed by atoms with E-state index in [0.717, 1.165) is 24.4 Å². The molecule has 3 fully saturated rings. The van der Waals surface area contributed by atoms with E-state index in [-0.39, 0.29) is 5.75 Å². The summed E-state index contributed by atoms with van der Waals surface area (Å²) in [6.45, 7) is -1.72. The molecule has 0 amide bonds. The Hall–Kier alpha value is -3.60. The Bertz CT molecular complexity index is 1270. The van der Waals surface area contributed by atoms with Crippen molar-refractivity contribution >= 4 is 11.7 Å². The highest BCUT2D eigenvalue weighted by Crippen LogP contribution is 2.48. The number of rotatable bonds is 8. The lowest BCUT2D eigenvalue weighted by molar-refractivity contribution is -0.0498. The van der Waals surface area contributed by atoms with Crippen molar-refractivity contribution in [3.8, 4) is 23.1 Å². The predicted molar refractivity (Wildman–Crippen MR) is 141 cm³/mol. The Kier molecular flexibility index (Phi) is 6.92. The molecule has 2 aliphatic carbocycles. The van der Waals surface area contributed by atoms with Gasteiger partial charge in [-0.3, -0.25) is 0 Å². The molecule has 3 aliphatic rings. The zero-order valence-electron chi connectivity index (χ0n) is 21.2. The second kappa shape index (κ2) is 10.6. The van der Waals surface area contributed by atoms with Gasteiger partial charge in [0.25, 0.3) is 6.01 Å². The van der Waals surface area contributed by atoms with E-state index in [9.17, 15) is 8.78 Å².